The smallest absolute Gasteiger partial charge is 0.279 e. The van der Waals surface area contributed by atoms with Crippen LogP contribution in [0.5, 0.6) is 11.5 Å². The van der Waals surface area contributed by atoms with E-state index in [1.165, 1.54) is 0 Å². The number of hydrogen-bond donors (Lipinski definition) is 1. The Morgan fingerprint density at radius 3 is 2.50 bits per heavy atom. The molecule has 9 heteroatoms. The number of ether oxygens (including phenoxy) is 2. The maximum Gasteiger partial charge on any atom is 0.279 e. The highest BCUT2D eigenvalue weighted by Crippen LogP contribution is 2.34. The van der Waals surface area contributed by atoms with Crippen LogP contribution in [0.4, 0.5) is 5.82 Å². The minimum Gasteiger partial charge on any atom is -0.486 e. The zero-order chi connectivity index (χ0) is 20.5. The molecule has 3 heterocycles. The molecule has 0 spiro atoms. The minimum absolute atomic E-state index is 0.0951. The van der Waals surface area contributed by atoms with E-state index in [1.54, 1.807) is 18.2 Å². The topological polar surface area (TPSA) is 113 Å². The van der Waals surface area contributed by atoms with Gasteiger partial charge in [-0.3, -0.25) is 4.79 Å². The third kappa shape index (κ3) is 3.37. The number of benzene rings is 2. The van der Waals surface area contributed by atoms with E-state index in [0.29, 0.717) is 41.7 Å². The molecule has 1 aliphatic heterocycles. The number of carbonyl (C=O) groups excluding carboxylic acids is 1. The van der Waals surface area contributed by atoms with Crippen molar-refractivity contribution in [3.8, 4) is 34.1 Å². The quantitative estimate of drug-likeness (QED) is 0.548. The second kappa shape index (κ2) is 7.36. The summed E-state index contributed by atoms with van der Waals surface area (Å²) in [5.41, 5.74) is 3.12. The summed E-state index contributed by atoms with van der Waals surface area (Å²) in [5.74, 6) is 1.43. The zero-order valence-electron chi connectivity index (χ0n) is 15.9. The van der Waals surface area contributed by atoms with Crippen molar-refractivity contribution in [2.45, 2.75) is 6.92 Å². The van der Waals surface area contributed by atoms with Gasteiger partial charge in [0.15, 0.2) is 28.6 Å². The molecule has 0 fully saturated rings. The van der Waals surface area contributed by atoms with Crippen LogP contribution in [0.2, 0.25) is 0 Å². The summed E-state index contributed by atoms with van der Waals surface area (Å²) in [6.45, 7) is 2.98. The van der Waals surface area contributed by atoms with Crippen LogP contribution in [0.15, 0.2) is 57.7 Å². The fourth-order valence-corrected chi connectivity index (χ4v) is 3.06. The lowest BCUT2D eigenvalue weighted by molar-refractivity contribution is 0.101. The molecule has 0 saturated carbocycles. The van der Waals surface area contributed by atoms with Crippen LogP contribution < -0.4 is 14.8 Å². The summed E-state index contributed by atoms with van der Waals surface area (Å²) in [6.07, 6.45) is 0. The molecule has 0 bridgehead atoms. The summed E-state index contributed by atoms with van der Waals surface area (Å²) < 4.78 is 21.2. The summed E-state index contributed by atoms with van der Waals surface area (Å²) in [5, 5.41) is 14.2. The molecule has 1 aliphatic rings. The van der Waals surface area contributed by atoms with Crippen LogP contribution in [-0.4, -0.2) is 34.6 Å². The maximum absolute atomic E-state index is 12.6. The van der Waals surface area contributed by atoms with Crippen LogP contribution in [-0.2, 0) is 0 Å². The van der Waals surface area contributed by atoms with Crippen LogP contribution >= 0.6 is 0 Å². The Hall–Kier alpha value is -4.14. The van der Waals surface area contributed by atoms with Crippen molar-refractivity contribution in [2.24, 2.45) is 0 Å². The number of rotatable bonds is 4. The predicted octanol–water partition coefficient (Wildman–Crippen LogP) is 3.72. The van der Waals surface area contributed by atoms with Crippen LogP contribution in [0, 0.1) is 6.92 Å². The molecular formula is C21H16N4O5. The van der Waals surface area contributed by atoms with Crippen molar-refractivity contribution >= 4 is 11.7 Å². The molecule has 4 aromatic rings. The van der Waals surface area contributed by atoms with Gasteiger partial charge in [-0.25, -0.2) is 4.63 Å². The van der Waals surface area contributed by atoms with E-state index in [0.717, 1.165) is 11.1 Å². The highest BCUT2D eigenvalue weighted by molar-refractivity contribution is 6.04. The molecular weight excluding hydrogens is 388 g/mol. The molecule has 30 heavy (non-hydrogen) atoms. The SMILES string of the molecule is Cc1ccc(-c2nonc2NC(=O)c2cc(-c3ccc4c(c3)OCCO4)on2)cc1. The highest BCUT2D eigenvalue weighted by atomic mass is 16.6. The fraction of sp³-hybridized carbons (Fsp3) is 0.143. The molecule has 150 valence electrons. The van der Waals surface area contributed by atoms with Gasteiger partial charge in [0, 0.05) is 17.2 Å². The van der Waals surface area contributed by atoms with E-state index < -0.39 is 5.91 Å². The molecule has 2 aromatic carbocycles. The van der Waals surface area contributed by atoms with Crippen LogP contribution in [0.25, 0.3) is 22.6 Å². The van der Waals surface area contributed by atoms with Gasteiger partial charge in [0.05, 0.1) is 0 Å². The van der Waals surface area contributed by atoms with Crippen molar-refractivity contribution in [3.05, 3.63) is 59.8 Å². The average Bonchev–Trinajstić information content (AvgIpc) is 3.44. The third-order valence-electron chi connectivity index (χ3n) is 4.61. The second-order valence-electron chi connectivity index (χ2n) is 6.72. The number of aryl methyl sites for hydroxylation is 1. The third-order valence-corrected chi connectivity index (χ3v) is 4.61. The predicted molar refractivity (Wildman–Crippen MR) is 105 cm³/mol. The number of nitrogens with one attached hydrogen (secondary N) is 1. The van der Waals surface area contributed by atoms with Gasteiger partial charge >= 0.3 is 0 Å². The molecule has 0 aliphatic carbocycles. The number of hydrogen-bond acceptors (Lipinski definition) is 8. The number of carbonyl (C=O) groups is 1. The van der Waals surface area contributed by atoms with Gasteiger partial charge < -0.3 is 19.3 Å². The van der Waals surface area contributed by atoms with Crippen LogP contribution in [0.1, 0.15) is 16.1 Å². The van der Waals surface area contributed by atoms with E-state index in [1.807, 2.05) is 37.3 Å². The number of fused-ring (bicyclic) bond motifs is 1. The zero-order valence-corrected chi connectivity index (χ0v) is 15.9. The lowest BCUT2D eigenvalue weighted by atomic mass is 10.1. The Morgan fingerprint density at radius 1 is 0.900 bits per heavy atom. The number of anilines is 1. The van der Waals surface area contributed by atoms with E-state index in [4.69, 9.17) is 18.6 Å². The Morgan fingerprint density at radius 2 is 1.67 bits per heavy atom. The van der Waals surface area contributed by atoms with Gasteiger partial charge in [0.1, 0.15) is 13.2 Å². The summed E-state index contributed by atoms with van der Waals surface area (Å²) in [6, 6.07) is 14.6. The Bertz CT molecular complexity index is 1210. The molecule has 9 nitrogen and oxygen atoms in total. The molecule has 1 N–H and O–H groups in total. The number of amides is 1. The molecule has 0 saturated heterocycles. The fourth-order valence-electron chi connectivity index (χ4n) is 3.06. The van der Waals surface area contributed by atoms with Crippen molar-refractivity contribution < 1.29 is 23.4 Å². The highest BCUT2D eigenvalue weighted by Gasteiger charge is 2.20. The molecule has 2 aromatic heterocycles. The van der Waals surface area contributed by atoms with E-state index in [9.17, 15) is 4.79 Å². The first kappa shape index (κ1) is 17.9. The number of aromatic nitrogens is 3. The Labute approximate surface area is 170 Å². The largest absolute Gasteiger partial charge is 0.486 e. The van der Waals surface area contributed by atoms with Crippen LogP contribution in [0.3, 0.4) is 0 Å². The molecule has 5 rings (SSSR count). The van der Waals surface area contributed by atoms with Crippen molar-refractivity contribution in [1.29, 1.82) is 0 Å². The van der Waals surface area contributed by atoms with Gasteiger partial charge in [-0.2, -0.15) is 0 Å². The van der Waals surface area contributed by atoms with E-state index in [2.05, 4.69) is 20.8 Å². The monoisotopic (exact) mass is 404 g/mol. The lowest BCUT2D eigenvalue weighted by Gasteiger charge is -2.18. The maximum atomic E-state index is 12.6. The summed E-state index contributed by atoms with van der Waals surface area (Å²) in [4.78, 5) is 12.6. The minimum atomic E-state index is -0.494. The first-order chi connectivity index (χ1) is 14.7. The standard InChI is InChI=1S/C21H16N4O5/c1-12-2-4-13(5-3-12)19-20(25-30-24-19)22-21(26)15-11-17(29-23-15)14-6-7-16-18(10-14)28-9-8-27-16/h2-7,10-11H,8-9H2,1H3,(H,22,25,26). The van der Waals surface area contributed by atoms with Gasteiger partial charge in [-0.15, -0.1) is 0 Å². The Kier molecular flexibility index (Phi) is 4.40. The van der Waals surface area contributed by atoms with Gasteiger partial charge in [-0.1, -0.05) is 35.0 Å². The number of nitrogens with zero attached hydrogens (tertiary/aromatic N) is 3. The first-order valence-electron chi connectivity index (χ1n) is 9.25. The normalized spacial score (nSPS) is 12.6. The van der Waals surface area contributed by atoms with E-state index in [-0.39, 0.29) is 11.5 Å². The molecule has 0 atom stereocenters. The molecule has 1 amide bonds. The van der Waals surface area contributed by atoms with Crippen molar-refractivity contribution in [3.63, 3.8) is 0 Å². The summed E-state index contributed by atoms with van der Waals surface area (Å²) >= 11 is 0. The summed E-state index contributed by atoms with van der Waals surface area (Å²) in [7, 11) is 0. The first-order valence-corrected chi connectivity index (χ1v) is 9.25. The van der Waals surface area contributed by atoms with Crippen molar-refractivity contribution in [2.75, 3.05) is 18.5 Å². The average molecular weight is 404 g/mol. The van der Waals surface area contributed by atoms with Gasteiger partial charge in [0.25, 0.3) is 5.91 Å². The second-order valence-corrected chi connectivity index (χ2v) is 6.72. The van der Waals surface area contributed by atoms with Gasteiger partial charge in [-0.05, 0) is 35.4 Å². The Balaban J connectivity index is 1.36. The van der Waals surface area contributed by atoms with Gasteiger partial charge in [0.2, 0.25) is 5.82 Å². The molecule has 0 radical (unpaired) electrons. The van der Waals surface area contributed by atoms with Crippen molar-refractivity contribution in [1.82, 2.24) is 15.5 Å². The lowest BCUT2D eigenvalue weighted by Crippen LogP contribution is -2.15. The van der Waals surface area contributed by atoms with E-state index >= 15 is 0 Å². The molecule has 0 unspecified atom stereocenters.